The third-order valence-electron chi connectivity index (χ3n) is 6.26. The second-order valence-electron chi connectivity index (χ2n) is 8.96. The highest BCUT2D eigenvalue weighted by atomic mass is 32.2. The lowest BCUT2D eigenvalue weighted by molar-refractivity contribution is 0.305. The van der Waals surface area contributed by atoms with Crippen LogP contribution in [-0.2, 0) is 14.3 Å². The molecular formula is C25H42O3S. The van der Waals surface area contributed by atoms with Gasteiger partial charge in [-0.15, -0.1) is 0 Å². The smallest absolute Gasteiger partial charge is 0.266 e. The van der Waals surface area contributed by atoms with E-state index in [2.05, 4.69) is 6.92 Å². The summed E-state index contributed by atoms with van der Waals surface area (Å²) in [7, 11) is -3.60. The van der Waals surface area contributed by atoms with Crippen LogP contribution >= 0.6 is 0 Å². The molecule has 1 saturated carbocycles. The van der Waals surface area contributed by atoms with Gasteiger partial charge in [0.2, 0.25) is 0 Å². The maximum absolute atomic E-state index is 12.1. The highest BCUT2D eigenvalue weighted by Crippen LogP contribution is 2.45. The molecule has 29 heavy (non-hydrogen) atoms. The third kappa shape index (κ3) is 10.1. The molecule has 0 N–H and O–H groups in total. The van der Waals surface area contributed by atoms with Crippen molar-refractivity contribution in [1.29, 1.82) is 0 Å². The first-order valence-corrected chi connectivity index (χ1v) is 13.4. The Hall–Kier alpha value is -0.870. The molecule has 1 fully saturated rings. The summed E-state index contributed by atoms with van der Waals surface area (Å²) >= 11 is 0. The highest BCUT2D eigenvalue weighted by Gasteiger charge is 2.35. The van der Waals surface area contributed by atoms with Gasteiger partial charge in [-0.05, 0) is 43.7 Å². The second-order valence-corrected chi connectivity index (χ2v) is 10.6. The zero-order valence-electron chi connectivity index (χ0n) is 18.7. The molecule has 1 aromatic rings. The third-order valence-corrected chi connectivity index (χ3v) is 7.59. The lowest BCUT2D eigenvalue weighted by Crippen LogP contribution is -2.07. The standard InChI is InChI=1S/C25H42O3S/c1-3-4-5-6-7-8-9-11-14-23-21-24(23)15-12-10-13-20-28-29(26,27)25-18-16-22(2)17-19-25/h16-19,23-24H,3-15,20-21H2,1-2H3/t23-,24+/m0/s1. The van der Waals surface area contributed by atoms with Gasteiger partial charge < -0.3 is 0 Å². The molecule has 0 aliphatic heterocycles. The highest BCUT2D eigenvalue weighted by molar-refractivity contribution is 7.86. The van der Waals surface area contributed by atoms with Gasteiger partial charge in [0, 0.05) is 0 Å². The minimum absolute atomic E-state index is 0.255. The molecule has 1 aromatic carbocycles. The Bertz CT molecular complexity index is 651. The number of benzene rings is 1. The molecule has 2 rings (SSSR count). The van der Waals surface area contributed by atoms with Crippen LogP contribution in [0.4, 0.5) is 0 Å². The molecule has 0 aromatic heterocycles. The molecular weight excluding hydrogens is 380 g/mol. The normalized spacial score (nSPS) is 18.8. The fraction of sp³-hybridized carbons (Fsp3) is 0.760. The van der Waals surface area contributed by atoms with Crippen molar-refractivity contribution in [3.63, 3.8) is 0 Å². The summed E-state index contributed by atoms with van der Waals surface area (Å²) in [6, 6.07) is 6.83. The van der Waals surface area contributed by atoms with E-state index in [0.29, 0.717) is 6.61 Å². The van der Waals surface area contributed by atoms with Crippen LogP contribution in [-0.4, -0.2) is 15.0 Å². The lowest BCUT2D eigenvalue weighted by atomic mass is 10.0. The van der Waals surface area contributed by atoms with Gasteiger partial charge in [0.1, 0.15) is 0 Å². The average Bonchev–Trinajstić information content (AvgIpc) is 3.45. The van der Waals surface area contributed by atoms with E-state index < -0.39 is 10.1 Å². The van der Waals surface area contributed by atoms with Gasteiger partial charge in [0.15, 0.2) is 0 Å². The second kappa shape index (κ2) is 13.4. The number of rotatable bonds is 17. The Labute approximate surface area is 179 Å². The van der Waals surface area contributed by atoms with Crippen LogP contribution in [0.15, 0.2) is 29.2 Å². The summed E-state index contributed by atoms with van der Waals surface area (Å²) in [5.41, 5.74) is 1.05. The predicted molar refractivity (Wildman–Crippen MR) is 122 cm³/mol. The van der Waals surface area contributed by atoms with E-state index in [-0.39, 0.29) is 4.90 Å². The van der Waals surface area contributed by atoms with E-state index in [0.717, 1.165) is 30.2 Å². The molecule has 0 unspecified atom stereocenters. The largest absolute Gasteiger partial charge is 0.296 e. The fourth-order valence-electron chi connectivity index (χ4n) is 4.18. The van der Waals surface area contributed by atoms with Gasteiger partial charge in [0.25, 0.3) is 10.1 Å². The van der Waals surface area contributed by atoms with Crippen LogP contribution in [0.2, 0.25) is 0 Å². The van der Waals surface area contributed by atoms with Crippen molar-refractivity contribution in [2.75, 3.05) is 6.61 Å². The van der Waals surface area contributed by atoms with Crippen molar-refractivity contribution in [2.45, 2.75) is 109 Å². The number of hydrogen-bond donors (Lipinski definition) is 0. The van der Waals surface area contributed by atoms with Gasteiger partial charge in [-0.2, -0.15) is 8.42 Å². The lowest BCUT2D eigenvalue weighted by Gasteiger charge is -2.06. The molecule has 0 saturated heterocycles. The molecule has 3 nitrogen and oxygen atoms in total. The fourth-order valence-corrected chi connectivity index (χ4v) is 5.13. The summed E-state index contributed by atoms with van der Waals surface area (Å²) in [6.07, 6.45) is 18.5. The van der Waals surface area contributed by atoms with E-state index in [1.165, 1.54) is 77.0 Å². The molecule has 1 aliphatic rings. The zero-order valence-corrected chi connectivity index (χ0v) is 19.5. The van der Waals surface area contributed by atoms with Gasteiger partial charge in [0.05, 0.1) is 11.5 Å². The molecule has 0 spiro atoms. The topological polar surface area (TPSA) is 43.4 Å². The van der Waals surface area contributed by atoms with Crippen LogP contribution < -0.4 is 0 Å². The van der Waals surface area contributed by atoms with E-state index >= 15 is 0 Å². The Balaban J connectivity index is 1.41. The number of unbranched alkanes of at least 4 members (excludes halogenated alkanes) is 9. The van der Waals surface area contributed by atoms with Crippen molar-refractivity contribution < 1.29 is 12.6 Å². The minimum Gasteiger partial charge on any atom is -0.266 e. The van der Waals surface area contributed by atoms with Crippen molar-refractivity contribution >= 4 is 10.1 Å². The average molecular weight is 423 g/mol. The maximum Gasteiger partial charge on any atom is 0.296 e. The summed E-state index contributed by atoms with van der Waals surface area (Å²) in [5.74, 6) is 1.92. The first-order valence-electron chi connectivity index (χ1n) is 12.0. The van der Waals surface area contributed by atoms with Crippen molar-refractivity contribution in [3.05, 3.63) is 29.8 Å². The Morgan fingerprint density at radius 1 is 0.793 bits per heavy atom. The van der Waals surface area contributed by atoms with Crippen molar-refractivity contribution in [2.24, 2.45) is 11.8 Å². The van der Waals surface area contributed by atoms with Crippen LogP contribution in [0, 0.1) is 18.8 Å². The monoisotopic (exact) mass is 422 g/mol. The Kier molecular flexibility index (Phi) is 11.3. The summed E-state index contributed by atoms with van der Waals surface area (Å²) < 4.78 is 29.4. The van der Waals surface area contributed by atoms with Gasteiger partial charge >= 0.3 is 0 Å². The molecule has 166 valence electrons. The summed E-state index contributed by atoms with van der Waals surface area (Å²) in [4.78, 5) is 0.255. The molecule has 0 radical (unpaired) electrons. The van der Waals surface area contributed by atoms with Crippen molar-refractivity contribution in [1.82, 2.24) is 0 Å². The van der Waals surface area contributed by atoms with E-state index in [1.807, 2.05) is 6.92 Å². The molecule has 1 aliphatic carbocycles. The van der Waals surface area contributed by atoms with Crippen LogP contribution in [0.1, 0.15) is 102 Å². The van der Waals surface area contributed by atoms with Gasteiger partial charge in [-0.1, -0.05) is 102 Å². The van der Waals surface area contributed by atoms with Gasteiger partial charge in [-0.3, -0.25) is 4.18 Å². The Morgan fingerprint density at radius 2 is 1.31 bits per heavy atom. The quantitative estimate of drug-likeness (QED) is 0.194. The molecule has 2 atom stereocenters. The predicted octanol–water partition coefficient (Wildman–Crippen LogP) is 7.43. The van der Waals surface area contributed by atoms with E-state index in [4.69, 9.17) is 4.18 Å². The maximum atomic E-state index is 12.1. The summed E-state index contributed by atoms with van der Waals surface area (Å²) in [5, 5.41) is 0. The molecule has 4 heteroatoms. The summed E-state index contributed by atoms with van der Waals surface area (Å²) in [6.45, 7) is 4.51. The first-order chi connectivity index (χ1) is 14.0. The van der Waals surface area contributed by atoms with Crippen LogP contribution in [0.3, 0.4) is 0 Å². The number of aryl methyl sites for hydroxylation is 1. The SMILES string of the molecule is CCCCCCCCCC[C@H]1C[C@H]1CCCCCOS(=O)(=O)c1ccc(C)cc1. The molecule has 0 bridgehead atoms. The van der Waals surface area contributed by atoms with Crippen LogP contribution in [0.5, 0.6) is 0 Å². The first kappa shape index (κ1) is 24.4. The number of hydrogen-bond acceptors (Lipinski definition) is 3. The van der Waals surface area contributed by atoms with E-state index in [1.54, 1.807) is 24.3 Å². The van der Waals surface area contributed by atoms with E-state index in [9.17, 15) is 8.42 Å². The molecule has 0 heterocycles. The Morgan fingerprint density at radius 3 is 1.90 bits per heavy atom. The van der Waals surface area contributed by atoms with Crippen molar-refractivity contribution in [3.8, 4) is 0 Å². The zero-order chi connectivity index (χ0) is 21.0. The minimum atomic E-state index is -3.60. The van der Waals surface area contributed by atoms with Crippen LogP contribution in [0.25, 0.3) is 0 Å². The van der Waals surface area contributed by atoms with Gasteiger partial charge in [-0.25, -0.2) is 0 Å². The molecule has 0 amide bonds.